The summed E-state index contributed by atoms with van der Waals surface area (Å²) in [6, 6.07) is 8.22. The third kappa shape index (κ3) is 6.10. The zero-order valence-electron chi connectivity index (χ0n) is 24.2. The van der Waals surface area contributed by atoms with Crippen LogP contribution in [0.4, 0.5) is 18.0 Å². The predicted molar refractivity (Wildman–Crippen MR) is 146 cm³/mol. The van der Waals surface area contributed by atoms with Crippen LogP contribution in [0.25, 0.3) is 22.4 Å². The second kappa shape index (κ2) is 9.82. The molecule has 7 nitrogen and oxygen atoms in total. The molecule has 1 aromatic carbocycles. The van der Waals surface area contributed by atoms with E-state index in [1.54, 1.807) is 42.7 Å². The quantitative estimate of drug-likeness (QED) is 0.330. The molecule has 0 radical (unpaired) electrons. The molecule has 1 saturated heterocycles. The van der Waals surface area contributed by atoms with Crippen LogP contribution >= 0.6 is 0 Å². The van der Waals surface area contributed by atoms with Crippen LogP contribution in [0.3, 0.4) is 0 Å². The van der Waals surface area contributed by atoms with Crippen molar-refractivity contribution in [2.45, 2.75) is 78.1 Å². The summed E-state index contributed by atoms with van der Waals surface area (Å²) in [4.78, 5) is 34.3. The van der Waals surface area contributed by atoms with Gasteiger partial charge in [-0.25, -0.2) is 9.78 Å². The Morgan fingerprint density at radius 2 is 1.60 bits per heavy atom. The van der Waals surface area contributed by atoms with Crippen LogP contribution < -0.4 is 0 Å². The van der Waals surface area contributed by atoms with Crippen molar-refractivity contribution in [3.63, 3.8) is 0 Å². The molecule has 10 heteroatoms. The molecule has 1 aliphatic heterocycles. The Morgan fingerprint density at radius 3 is 2.12 bits per heavy atom. The molecule has 1 fully saturated rings. The molecule has 1 aliphatic rings. The lowest BCUT2D eigenvalue weighted by Crippen LogP contribution is -2.62. The topological polar surface area (TPSA) is 75.9 Å². The molecule has 40 heavy (non-hydrogen) atoms. The fraction of sp³-hybridized carbons (Fsp3) is 0.500. The van der Waals surface area contributed by atoms with Gasteiger partial charge in [0.2, 0.25) is 0 Å². The van der Waals surface area contributed by atoms with Crippen LogP contribution in [-0.2, 0) is 16.3 Å². The minimum absolute atomic E-state index is 0.108. The number of furan rings is 1. The summed E-state index contributed by atoms with van der Waals surface area (Å²) < 4.78 is 50.9. The number of nitrogens with zero attached hydrogens (tertiary/aromatic N) is 3. The van der Waals surface area contributed by atoms with Gasteiger partial charge in [-0.1, -0.05) is 32.9 Å². The second-order valence-electron chi connectivity index (χ2n) is 12.9. The monoisotopic (exact) mass is 559 g/mol. The van der Waals surface area contributed by atoms with E-state index < -0.39 is 34.4 Å². The number of carbonyl (C=O) groups excluding carboxylic acids is 2. The van der Waals surface area contributed by atoms with E-state index in [1.807, 2.05) is 34.6 Å². The molecular formula is C30H36F3N3O4. The van der Waals surface area contributed by atoms with Gasteiger partial charge in [0.25, 0.3) is 5.91 Å². The summed E-state index contributed by atoms with van der Waals surface area (Å²) in [6.45, 7) is 16.0. The Balaban J connectivity index is 1.67. The molecule has 3 heterocycles. The SMILES string of the molecule is CC(C)(C)OC(=O)N1CCN(C(=O)c2cc3nc(-c4ccc(C(F)(F)F)cc4)cc(C(C)(C)C)c3o2)C(C)(C)C1. The third-order valence-corrected chi connectivity index (χ3v) is 6.80. The van der Waals surface area contributed by atoms with Crippen LogP contribution in [0, 0.1) is 0 Å². The molecule has 2 amide bonds. The number of alkyl halides is 3. The highest BCUT2D eigenvalue weighted by Gasteiger charge is 2.41. The van der Waals surface area contributed by atoms with Crippen LogP contribution in [0.5, 0.6) is 0 Å². The number of hydrogen-bond donors (Lipinski definition) is 0. The van der Waals surface area contributed by atoms with E-state index in [2.05, 4.69) is 4.98 Å². The standard InChI is InChI=1S/C30H36F3N3O4/c1-27(2,3)20-15-21(18-9-11-19(12-10-18)30(31,32)33)34-22-16-23(39-24(20)22)25(37)36-14-13-35(17-29(36,7)8)26(38)40-28(4,5)6/h9-12,15-16H,13-14,17H2,1-8H3. The maximum atomic E-state index is 13.7. The molecule has 216 valence electrons. The molecule has 0 saturated carbocycles. The highest BCUT2D eigenvalue weighted by atomic mass is 19.4. The molecule has 0 atom stereocenters. The number of pyridine rings is 1. The molecule has 2 aromatic heterocycles. The van der Waals surface area contributed by atoms with Gasteiger partial charge in [-0.15, -0.1) is 0 Å². The zero-order chi connectivity index (χ0) is 29.8. The molecule has 4 rings (SSSR count). The van der Waals surface area contributed by atoms with Crippen molar-refractivity contribution in [2.24, 2.45) is 0 Å². The van der Waals surface area contributed by atoms with Crippen LogP contribution in [0.15, 0.2) is 40.8 Å². The summed E-state index contributed by atoms with van der Waals surface area (Å²) in [5.41, 5.74) is 0.215. The van der Waals surface area contributed by atoms with Gasteiger partial charge in [0, 0.05) is 36.8 Å². The van der Waals surface area contributed by atoms with Gasteiger partial charge in [0.05, 0.1) is 16.8 Å². The number of halogens is 3. The maximum Gasteiger partial charge on any atom is 0.416 e. The Hall–Kier alpha value is -3.56. The highest BCUT2D eigenvalue weighted by Crippen LogP contribution is 2.37. The number of hydrogen-bond acceptors (Lipinski definition) is 5. The van der Waals surface area contributed by atoms with Crippen molar-refractivity contribution >= 4 is 23.1 Å². The Morgan fingerprint density at radius 1 is 0.975 bits per heavy atom. The van der Waals surface area contributed by atoms with Gasteiger partial charge in [-0.05, 0) is 58.2 Å². The summed E-state index contributed by atoms with van der Waals surface area (Å²) in [5, 5.41) is 0. The Kier molecular flexibility index (Phi) is 7.22. The summed E-state index contributed by atoms with van der Waals surface area (Å²) >= 11 is 0. The normalized spacial score (nSPS) is 16.4. The zero-order valence-corrected chi connectivity index (χ0v) is 24.2. The smallest absolute Gasteiger partial charge is 0.416 e. The van der Waals surface area contributed by atoms with E-state index in [-0.39, 0.29) is 18.2 Å². The number of fused-ring (bicyclic) bond motifs is 1. The van der Waals surface area contributed by atoms with Gasteiger partial charge in [0.15, 0.2) is 11.3 Å². The maximum absolute atomic E-state index is 13.7. The van der Waals surface area contributed by atoms with Crippen molar-refractivity contribution in [1.82, 2.24) is 14.8 Å². The van der Waals surface area contributed by atoms with Crippen LogP contribution in [0.1, 0.15) is 77.1 Å². The number of carbonyl (C=O) groups is 2. The third-order valence-electron chi connectivity index (χ3n) is 6.80. The van der Waals surface area contributed by atoms with Crippen molar-refractivity contribution in [1.29, 1.82) is 0 Å². The van der Waals surface area contributed by atoms with E-state index in [9.17, 15) is 22.8 Å². The van der Waals surface area contributed by atoms with Gasteiger partial charge < -0.3 is 19.0 Å². The van der Waals surface area contributed by atoms with Gasteiger partial charge >= 0.3 is 12.3 Å². The van der Waals surface area contributed by atoms with Crippen molar-refractivity contribution in [3.8, 4) is 11.3 Å². The first-order valence-electron chi connectivity index (χ1n) is 13.2. The average molecular weight is 560 g/mol. The fourth-order valence-corrected chi connectivity index (χ4v) is 4.81. The van der Waals surface area contributed by atoms with E-state index in [4.69, 9.17) is 9.15 Å². The second-order valence-corrected chi connectivity index (χ2v) is 12.9. The molecule has 0 unspecified atom stereocenters. The minimum Gasteiger partial charge on any atom is -0.449 e. The number of benzene rings is 1. The van der Waals surface area contributed by atoms with Crippen molar-refractivity contribution < 1.29 is 31.9 Å². The van der Waals surface area contributed by atoms with E-state index in [1.165, 1.54) is 12.1 Å². The van der Waals surface area contributed by atoms with Gasteiger partial charge in [0.1, 0.15) is 11.1 Å². The largest absolute Gasteiger partial charge is 0.449 e. The average Bonchev–Trinajstić information content (AvgIpc) is 3.24. The molecular weight excluding hydrogens is 523 g/mol. The van der Waals surface area contributed by atoms with Crippen molar-refractivity contribution in [3.05, 3.63) is 53.3 Å². The lowest BCUT2D eigenvalue weighted by Gasteiger charge is -2.46. The fourth-order valence-electron chi connectivity index (χ4n) is 4.81. The van der Waals surface area contributed by atoms with E-state index in [0.717, 1.165) is 17.7 Å². The lowest BCUT2D eigenvalue weighted by atomic mass is 9.86. The predicted octanol–water partition coefficient (Wildman–Crippen LogP) is 7.28. The number of piperazine rings is 1. The van der Waals surface area contributed by atoms with Crippen LogP contribution in [0.2, 0.25) is 0 Å². The Labute approximate surface area is 232 Å². The van der Waals surface area contributed by atoms with E-state index in [0.29, 0.717) is 35.4 Å². The molecule has 0 bridgehead atoms. The molecule has 3 aromatic rings. The molecule has 0 spiro atoms. The summed E-state index contributed by atoms with van der Waals surface area (Å²) in [5.74, 6) is -0.223. The number of rotatable bonds is 2. The lowest BCUT2D eigenvalue weighted by molar-refractivity contribution is -0.137. The summed E-state index contributed by atoms with van der Waals surface area (Å²) in [7, 11) is 0. The first-order valence-corrected chi connectivity index (χ1v) is 13.2. The molecule has 0 N–H and O–H groups in total. The van der Waals surface area contributed by atoms with Gasteiger partial charge in [-0.2, -0.15) is 13.2 Å². The number of aromatic nitrogens is 1. The number of amides is 2. The number of ether oxygens (including phenoxy) is 1. The summed E-state index contributed by atoms with van der Waals surface area (Å²) in [6.07, 6.45) is -4.86. The van der Waals surface area contributed by atoms with Gasteiger partial charge in [-0.3, -0.25) is 4.79 Å². The van der Waals surface area contributed by atoms with Crippen molar-refractivity contribution in [2.75, 3.05) is 19.6 Å². The first kappa shape index (κ1) is 29.4. The highest BCUT2D eigenvalue weighted by molar-refractivity contribution is 5.97. The molecule has 0 aliphatic carbocycles. The minimum atomic E-state index is -4.43. The Bertz CT molecular complexity index is 1430. The van der Waals surface area contributed by atoms with E-state index >= 15 is 0 Å². The van der Waals surface area contributed by atoms with Crippen LogP contribution in [-0.4, -0.2) is 57.6 Å². The first-order chi connectivity index (χ1) is 18.3.